The van der Waals surface area contributed by atoms with Crippen molar-refractivity contribution in [3.05, 3.63) is 18.5 Å². The average molecular weight is 363 g/mol. The molecule has 2 rings (SSSR count). The van der Waals surface area contributed by atoms with Gasteiger partial charge in [-0.15, -0.1) is 0 Å². The lowest BCUT2D eigenvalue weighted by molar-refractivity contribution is -0.122. The molecule has 1 heterocycles. The minimum Gasteiger partial charge on any atom is -0.357 e. The molecule has 1 aliphatic carbocycles. The third-order valence-electron chi connectivity index (χ3n) is 4.66. The van der Waals surface area contributed by atoms with Gasteiger partial charge in [-0.3, -0.25) is 14.5 Å². The molecule has 26 heavy (non-hydrogen) atoms. The van der Waals surface area contributed by atoms with Gasteiger partial charge in [-0.25, -0.2) is 0 Å². The molecule has 146 valence electrons. The van der Waals surface area contributed by atoms with Gasteiger partial charge in [0, 0.05) is 51.5 Å². The number of amides is 1. The Morgan fingerprint density at radius 2 is 2.00 bits per heavy atom. The Hall–Kier alpha value is -2.05. The van der Waals surface area contributed by atoms with Crippen LogP contribution in [0.25, 0.3) is 0 Å². The smallest absolute Gasteiger partial charge is 0.220 e. The summed E-state index contributed by atoms with van der Waals surface area (Å²) >= 11 is 0. The predicted octanol–water partition coefficient (Wildman–Crippen LogP) is 1.91. The van der Waals surface area contributed by atoms with Crippen molar-refractivity contribution in [2.45, 2.75) is 58.4 Å². The maximum Gasteiger partial charge on any atom is 0.220 e. The van der Waals surface area contributed by atoms with Crippen LogP contribution in [0.1, 0.15) is 51.9 Å². The van der Waals surface area contributed by atoms with E-state index >= 15 is 0 Å². The fraction of sp³-hybridized carbons (Fsp3) is 0.737. The molecule has 0 atom stereocenters. The summed E-state index contributed by atoms with van der Waals surface area (Å²) in [7, 11) is 0. The molecular weight excluding hydrogens is 328 g/mol. The number of hydrogen-bond acceptors (Lipinski definition) is 3. The zero-order valence-corrected chi connectivity index (χ0v) is 16.0. The summed E-state index contributed by atoms with van der Waals surface area (Å²) in [6.45, 7) is 5.78. The van der Waals surface area contributed by atoms with Crippen molar-refractivity contribution in [1.82, 2.24) is 25.7 Å². The lowest BCUT2D eigenvalue weighted by atomic mass is 9.87. The number of nitrogens with zero attached hydrogens (tertiary/aromatic N) is 3. The molecular formula is C19H34N6O. The van der Waals surface area contributed by atoms with Gasteiger partial charge in [0.2, 0.25) is 5.91 Å². The molecule has 1 aliphatic rings. The molecule has 0 radical (unpaired) electrons. The van der Waals surface area contributed by atoms with Gasteiger partial charge in [-0.05, 0) is 38.2 Å². The first-order valence-corrected chi connectivity index (χ1v) is 10.0. The van der Waals surface area contributed by atoms with E-state index in [4.69, 9.17) is 0 Å². The molecule has 0 saturated heterocycles. The average Bonchev–Trinajstić information content (AvgIpc) is 3.16. The topological polar surface area (TPSA) is 83.3 Å². The third kappa shape index (κ3) is 8.36. The van der Waals surface area contributed by atoms with Gasteiger partial charge in [0.05, 0.1) is 0 Å². The van der Waals surface area contributed by atoms with Gasteiger partial charge in [-0.2, -0.15) is 5.10 Å². The van der Waals surface area contributed by atoms with E-state index in [-0.39, 0.29) is 5.91 Å². The van der Waals surface area contributed by atoms with Gasteiger partial charge in [-0.1, -0.05) is 19.3 Å². The van der Waals surface area contributed by atoms with Crippen molar-refractivity contribution < 1.29 is 4.79 Å². The summed E-state index contributed by atoms with van der Waals surface area (Å²) in [5.74, 6) is 1.57. The van der Waals surface area contributed by atoms with Crippen LogP contribution in [-0.2, 0) is 11.3 Å². The van der Waals surface area contributed by atoms with Crippen molar-refractivity contribution in [2.24, 2.45) is 10.9 Å². The first-order chi connectivity index (χ1) is 12.8. The minimum atomic E-state index is 0.180. The Bertz CT molecular complexity index is 522. The number of hydrogen-bond donors (Lipinski definition) is 3. The maximum atomic E-state index is 12.0. The highest BCUT2D eigenvalue weighted by atomic mass is 16.1. The number of aliphatic imine (C=N–C) groups is 1. The second-order valence-corrected chi connectivity index (χ2v) is 6.87. The van der Waals surface area contributed by atoms with E-state index in [9.17, 15) is 4.79 Å². The van der Waals surface area contributed by atoms with Crippen molar-refractivity contribution in [3.8, 4) is 0 Å². The van der Waals surface area contributed by atoms with E-state index < -0.39 is 0 Å². The highest BCUT2D eigenvalue weighted by Gasteiger charge is 2.16. The molecule has 0 spiro atoms. The lowest BCUT2D eigenvalue weighted by Gasteiger charge is -2.20. The molecule has 1 saturated carbocycles. The van der Waals surface area contributed by atoms with Crippen LogP contribution in [0.3, 0.4) is 0 Å². The van der Waals surface area contributed by atoms with E-state index in [1.807, 2.05) is 23.9 Å². The van der Waals surface area contributed by atoms with Gasteiger partial charge < -0.3 is 16.0 Å². The summed E-state index contributed by atoms with van der Waals surface area (Å²) in [5, 5.41) is 13.7. The molecule has 1 fully saturated rings. The maximum absolute atomic E-state index is 12.0. The van der Waals surface area contributed by atoms with Crippen molar-refractivity contribution in [2.75, 3.05) is 26.2 Å². The molecule has 0 unspecified atom stereocenters. The van der Waals surface area contributed by atoms with Crippen LogP contribution >= 0.6 is 0 Å². The second kappa shape index (κ2) is 12.3. The molecule has 7 heteroatoms. The van der Waals surface area contributed by atoms with E-state index in [1.165, 1.54) is 32.1 Å². The van der Waals surface area contributed by atoms with Crippen molar-refractivity contribution in [1.29, 1.82) is 0 Å². The summed E-state index contributed by atoms with van der Waals surface area (Å²) in [4.78, 5) is 16.6. The molecule has 1 amide bonds. The Morgan fingerprint density at radius 3 is 2.73 bits per heavy atom. The molecule has 3 N–H and O–H groups in total. The number of nitrogens with one attached hydrogen (secondary N) is 3. The Kier molecular flexibility index (Phi) is 9.61. The first-order valence-electron chi connectivity index (χ1n) is 10.0. The largest absolute Gasteiger partial charge is 0.357 e. The molecule has 1 aromatic rings. The van der Waals surface area contributed by atoms with E-state index in [0.717, 1.165) is 32.0 Å². The number of aryl methyl sites for hydroxylation is 1. The van der Waals surface area contributed by atoms with Crippen LogP contribution < -0.4 is 16.0 Å². The minimum absolute atomic E-state index is 0.180. The van der Waals surface area contributed by atoms with Gasteiger partial charge >= 0.3 is 0 Å². The summed E-state index contributed by atoms with van der Waals surface area (Å²) in [6.07, 6.45) is 11.7. The van der Waals surface area contributed by atoms with Gasteiger partial charge in [0.1, 0.15) is 0 Å². The Balaban J connectivity index is 1.57. The SMILES string of the molecule is CCNC(=NCCCn1cccn1)NCCNC(=O)CC1CCCCC1. The normalized spacial score (nSPS) is 15.7. The second-order valence-electron chi connectivity index (χ2n) is 6.87. The van der Waals surface area contributed by atoms with Crippen LogP contribution in [-0.4, -0.2) is 47.8 Å². The number of guanidine groups is 1. The van der Waals surface area contributed by atoms with E-state index in [2.05, 4.69) is 26.0 Å². The molecule has 1 aromatic heterocycles. The van der Waals surface area contributed by atoms with Crippen LogP contribution in [0.2, 0.25) is 0 Å². The van der Waals surface area contributed by atoms with Crippen LogP contribution in [0.15, 0.2) is 23.5 Å². The molecule has 0 bridgehead atoms. The quantitative estimate of drug-likeness (QED) is 0.337. The zero-order chi connectivity index (χ0) is 18.5. The number of carbonyl (C=O) groups excluding carboxylic acids is 1. The fourth-order valence-corrected chi connectivity index (χ4v) is 3.31. The summed E-state index contributed by atoms with van der Waals surface area (Å²) in [5.41, 5.74) is 0. The van der Waals surface area contributed by atoms with Crippen LogP contribution in [0, 0.1) is 5.92 Å². The predicted molar refractivity (Wildman–Crippen MR) is 105 cm³/mol. The Labute approximate surface area is 157 Å². The highest BCUT2D eigenvalue weighted by Crippen LogP contribution is 2.25. The third-order valence-corrected chi connectivity index (χ3v) is 4.66. The van der Waals surface area contributed by atoms with E-state index in [0.29, 0.717) is 25.4 Å². The summed E-state index contributed by atoms with van der Waals surface area (Å²) in [6, 6.07) is 1.93. The Morgan fingerprint density at radius 1 is 1.19 bits per heavy atom. The van der Waals surface area contributed by atoms with Crippen molar-refractivity contribution in [3.63, 3.8) is 0 Å². The monoisotopic (exact) mass is 362 g/mol. The number of aromatic nitrogens is 2. The van der Waals surface area contributed by atoms with Crippen LogP contribution in [0.5, 0.6) is 0 Å². The fourth-order valence-electron chi connectivity index (χ4n) is 3.31. The molecule has 0 aliphatic heterocycles. The first kappa shape index (κ1) is 20.3. The van der Waals surface area contributed by atoms with E-state index in [1.54, 1.807) is 6.20 Å². The van der Waals surface area contributed by atoms with Crippen LogP contribution in [0.4, 0.5) is 0 Å². The number of rotatable bonds is 10. The van der Waals surface area contributed by atoms with Crippen molar-refractivity contribution >= 4 is 11.9 Å². The highest BCUT2D eigenvalue weighted by molar-refractivity contribution is 5.80. The molecule has 0 aromatic carbocycles. The molecule has 7 nitrogen and oxygen atoms in total. The zero-order valence-electron chi connectivity index (χ0n) is 16.0. The summed E-state index contributed by atoms with van der Waals surface area (Å²) < 4.78 is 1.91. The standard InChI is InChI=1S/C19H34N6O/c1-2-20-19(22-10-6-14-25-15-7-11-24-25)23-13-12-21-18(26)16-17-8-4-3-5-9-17/h7,11,15,17H,2-6,8-10,12-14,16H2,1H3,(H,21,26)(H2,20,22,23). The number of carbonyl (C=O) groups is 1. The van der Waals surface area contributed by atoms with Gasteiger partial charge in [0.25, 0.3) is 0 Å². The van der Waals surface area contributed by atoms with Gasteiger partial charge in [0.15, 0.2) is 5.96 Å². The lowest BCUT2D eigenvalue weighted by Crippen LogP contribution is -2.41.